The van der Waals surface area contributed by atoms with Crippen LogP contribution in [0.4, 0.5) is 5.69 Å². The molecule has 4 heteroatoms. The van der Waals surface area contributed by atoms with Gasteiger partial charge in [0.2, 0.25) is 0 Å². The Morgan fingerprint density at radius 3 is 2.29 bits per heavy atom. The van der Waals surface area contributed by atoms with Crippen LogP contribution in [0.1, 0.15) is 38.1 Å². The Bertz CT molecular complexity index is 455. The van der Waals surface area contributed by atoms with Crippen LogP contribution < -0.4 is 10.6 Å². The monoisotopic (exact) mass is 291 g/mol. The number of para-hydroxylation sites is 1. The molecule has 1 aromatic rings. The molecular weight excluding hydrogens is 262 g/mol. The molecule has 1 aromatic carbocycles. The zero-order valence-electron chi connectivity index (χ0n) is 14.1. The van der Waals surface area contributed by atoms with Crippen LogP contribution in [0.3, 0.4) is 0 Å². The highest BCUT2D eigenvalue weighted by Gasteiger charge is 2.19. The van der Waals surface area contributed by atoms with Crippen molar-refractivity contribution in [1.82, 2.24) is 10.2 Å². The molecule has 0 fully saturated rings. The predicted molar refractivity (Wildman–Crippen MR) is 89.8 cm³/mol. The van der Waals surface area contributed by atoms with Crippen LogP contribution in [0.15, 0.2) is 24.3 Å². The maximum atomic E-state index is 12.6. The third-order valence-electron chi connectivity index (χ3n) is 3.30. The number of carbonyl (C=O) groups is 1. The summed E-state index contributed by atoms with van der Waals surface area (Å²) in [5.74, 6) is 0.376. The van der Waals surface area contributed by atoms with Crippen molar-refractivity contribution in [1.29, 1.82) is 0 Å². The van der Waals surface area contributed by atoms with Crippen LogP contribution >= 0.6 is 0 Å². The molecular formula is C17H29N3O. The van der Waals surface area contributed by atoms with Gasteiger partial charge in [0.05, 0.1) is 5.56 Å². The van der Waals surface area contributed by atoms with Crippen LogP contribution in [0.5, 0.6) is 0 Å². The first kappa shape index (κ1) is 17.5. The molecule has 4 nitrogen and oxygen atoms in total. The molecule has 21 heavy (non-hydrogen) atoms. The maximum Gasteiger partial charge on any atom is 0.253 e. The third-order valence-corrected chi connectivity index (χ3v) is 3.30. The normalized spacial score (nSPS) is 12.8. The number of hydrogen-bond acceptors (Lipinski definition) is 3. The third kappa shape index (κ3) is 5.76. The van der Waals surface area contributed by atoms with E-state index in [9.17, 15) is 4.79 Å². The van der Waals surface area contributed by atoms with Gasteiger partial charge in [-0.15, -0.1) is 0 Å². The fraction of sp³-hybridized carbons (Fsp3) is 0.588. The van der Waals surface area contributed by atoms with Crippen molar-refractivity contribution in [2.75, 3.05) is 26.0 Å². The van der Waals surface area contributed by atoms with Gasteiger partial charge >= 0.3 is 0 Å². The lowest BCUT2D eigenvalue weighted by Gasteiger charge is -2.26. The van der Waals surface area contributed by atoms with Gasteiger partial charge in [-0.25, -0.2) is 0 Å². The minimum atomic E-state index is -0.0145. The second-order valence-electron chi connectivity index (χ2n) is 6.43. The zero-order valence-corrected chi connectivity index (χ0v) is 14.1. The quantitative estimate of drug-likeness (QED) is 0.812. The molecule has 2 N–H and O–H groups in total. The summed E-state index contributed by atoms with van der Waals surface area (Å²) in [7, 11) is 4.05. The Morgan fingerprint density at radius 1 is 1.14 bits per heavy atom. The summed E-state index contributed by atoms with van der Waals surface area (Å²) < 4.78 is 0. The van der Waals surface area contributed by atoms with Gasteiger partial charge in [0.15, 0.2) is 0 Å². The summed E-state index contributed by atoms with van der Waals surface area (Å²) in [5, 5.41) is 6.48. The minimum absolute atomic E-state index is 0.0145. The van der Waals surface area contributed by atoms with E-state index in [0.29, 0.717) is 17.5 Å². The first-order chi connectivity index (χ1) is 9.81. The summed E-state index contributed by atoms with van der Waals surface area (Å²) in [5.41, 5.74) is 1.59. The summed E-state index contributed by atoms with van der Waals surface area (Å²) in [6.07, 6.45) is 0. The van der Waals surface area contributed by atoms with Gasteiger partial charge in [-0.2, -0.15) is 0 Å². The number of hydrogen-bond donors (Lipinski definition) is 2. The average Bonchev–Trinajstić information content (AvgIpc) is 2.37. The van der Waals surface area contributed by atoms with Crippen molar-refractivity contribution in [3.05, 3.63) is 29.8 Å². The summed E-state index contributed by atoms with van der Waals surface area (Å²) in [6.45, 7) is 9.23. The SMILES string of the molecule is CC(C)Nc1ccccc1C(=O)NC(CN(C)C)C(C)C. The molecule has 1 amide bonds. The molecule has 0 radical (unpaired) electrons. The van der Waals surface area contributed by atoms with Crippen molar-refractivity contribution in [3.63, 3.8) is 0 Å². The Kier molecular flexibility index (Phi) is 6.69. The fourth-order valence-corrected chi connectivity index (χ4v) is 2.18. The van der Waals surface area contributed by atoms with E-state index in [1.165, 1.54) is 0 Å². The molecule has 1 atom stereocenters. The van der Waals surface area contributed by atoms with Gasteiger partial charge in [0, 0.05) is 24.3 Å². The van der Waals surface area contributed by atoms with Crippen LogP contribution in [-0.4, -0.2) is 43.5 Å². The van der Waals surface area contributed by atoms with Crippen LogP contribution in [0, 0.1) is 5.92 Å². The Balaban J connectivity index is 2.87. The number of carbonyl (C=O) groups excluding carboxylic acids is 1. The second-order valence-corrected chi connectivity index (χ2v) is 6.43. The van der Waals surface area contributed by atoms with Crippen molar-refractivity contribution in [2.45, 2.75) is 39.8 Å². The maximum absolute atomic E-state index is 12.6. The van der Waals surface area contributed by atoms with Crippen molar-refractivity contribution >= 4 is 11.6 Å². The molecule has 1 rings (SSSR count). The number of benzene rings is 1. The largest absolute Gasteiger partial charge is 0.382 e. The van der Waals surface area contributed by atoms with E-state index in [1.807, 2.05) is 38.4 Å². The first-order valence-electron chi connectivity index (χ1n) is 7.62. The number of anilines is 1. The van der Waals surface area contributed by atoms with Crippen LogP contribution in [0.2, 0.25) is 0 Å². The standard InChI is InChI=1S/C17H29N3O/c1-12(2)16(11-20(5)6)19-17(21)14-9-7-8-10-15(14)18-13(3)4/h7-10,12-13,16,18H,11H2,1-6H3,(H,19,21). The molecule has 0 bridgehead atoms. The highest BCUT2D eigenvalue weighted by Crippen LogP contribution is 2.17. The molecule has 0 aliphatic heterocycles. The molecule has 0 aliphatic rings. The van der Waals surface area contributed by atoms with Gasteiger partial charge in [0.25, 0.3) is 5.91 Å². The highest BCUT2D eigenvalue weighted by atomic mass is 16.1. The van der Waals surface area contributed by atoms with E-state index < -0.39 is 0 Å². The van der Waals surface area contributed by atoms with Gasteiger partial charge in [-0.3, -0.25) is 4.79 Å². The summed E-state index contributed by atoms with van der Waals surface area (Å²) in [6, 6.07) is 8.09. The van der Waals surface area contributed by atoms with E-state index in [2.05, 4.69) is 43.2 Å². The average molecular weight is 291 g/mol. The van der Waals surface area contributed by atoms with Crippen LogP contribution in [0.25, 0.3) is 0 Å². The summed E-state index contributed by atoms with van der Waals surface area (Å²) >= 11 is 0. The highest BCUT2D eigenvalue weighted by molar-refractivity contribution is 5.99. The van der Waals surface area contributed by atoms with Crippen molar-refractivity contribution in [3.8, 4) is 0 Å². The van der Waals surface area contributed by atoms with E-state index in [1.54, 1.807) is 0 Å². The lowest BCUT2D eigenvalue weighted by atomic mass is 10.0. The number of amides is 1. The van der Waals surface area contributed by atoms with Gasteiger partial charge in [-0.1, -0.05) is 26.0 Å². The Labute approximate surface area is 128 Å². The Morgan fingerprint density at radius 2 is 1.76 bits per heavy atom. The van der Waals surface area contributed by atoms with Crippen molar-refractivity contribution in [2.24, 2.45) is 5.92 Å². The molecule has 0 heterocycles. The summed E-state index contributed by atoms with van der Waals surface area (Å²) in [4.78, 5) is 14.7. The molecule has 0 aromatic heterocycles. The molecule has 0 saturated carbocycles. The smallest absolute Gasteiger partial charge is 0.253 e. The number of nitrogens with zero attached hydrogens (tertiary/aromatic N) is 1. The zero-order chi connectivity index (χ0) is 16.0. The molecule has 118 valence electrons. The number of likely N-dealkylation sites (N-methyl/N-ethyl adjacent to an activating group) is 1. The molecule has 0 spiro atoms. The van der Waals surface area contributed by atoms with E-state index in [4.69, 9.17) is 0 Å². The van der Waals surface area contributed by atoms with Crippen LogP contribution in [-0.2, 0) is 0 Å². The predicted octanol–water partition coefficient (Wildman–Crippen LogP) is 2.82. The fourth-order valence-electron chi connectivity index (χ4n) is 2.18. The van der Waals surface area contributed by atoms with Gasteiger partial charge in [0.1, 0.15) is 0 Å². The van der Waals surface area contributed by atoms with Crippen molar-refractivity contribution < 1.29 is 4.79 Å². The van der Waals surface area contributed by atoms with Gasteiger partial charge < -0.3 is 15.5 Å². The van der Waals surface area contributed by atoms with E-state index >= 15 is 0 Å². The first-order valence-corrected chi connectivity index (χ1v) is 7.62. The molecule has 1 unspecified atom stereocenters. The number of rotatable bonds is 7. The molecule has 0 aliphatic carbocycles. The lowest BCUT2D eigenvalue weighted by molar-refractivity contribution is 0.0917. The van der Waals surface area contributed by atoms with E-state index in [0.717, 1.165) is 12.2 Å². The number of nitrogens with one attached hydrogen (secondary N) is 2. The van der Waals surface area contributed by atoms with Gasteiger partial charge in [-0.05, 0) is 46.0 Å². The topological polar surface area (TPSA) is 44.4 Å². The Hall–Kier alpha value is -1.55. The lowest BCUT2D eigenvalue weighted by Crippen LogP contribution is -2.45. The minimum Gasteiger partial charge on any atom is -0.382 e. The molecule has 0 saturated heterocycles. The second kappa shape index (κ2) is 8.03. The van der Waals surface area contributed by atoms with E-state index in [-0.39, 0.29) is 11.9 Å².